The lowest BCUT2D eigenvalue weighted by molar-refractivity contribution is -0.890. The molecule has 0 saturated carbocycles. The maximum atomic E-state index is 12.9. The summed E-state index contributed by atoms with van der Waals surface area (Å²) in [7, 11) is 4.15. The summed E-state index contributed by atoms with van der Waals surface area (Å²) in [6.45, 7) is 0.638. The van der Waals surface area contributed by atoms with Gasteiger partial charge in [-0.25, -0.2) is 4.39 Å². The van der Waals surface area contributed by atoms with Gasteiger partial charge < -0.3 is 15.5 Å². The van der Waals surface area contributed by atoms with Crippen LogP contribution in [-0.4, -0.2) is 25.8 Å². The molecular formula is C17H20ClFN3S+. The third kappa shape index (κ3) is 5.16. The molecular weight excluding hydrogens is 333 g/mol. The second kappa shape index (κ2) is 8.24. The summed E-state index contributed by atoms with van der Waals surface area (Å²) in [5.41, 5.74) is 1.82. The van der Waals surface area contributed by atoms with Gasteiger partial charge >= 0.3 is 0 Å². The van der Waals surface area contributed by atoms with Crippen molar-refractivity contribution in [2.45, 2.75) is 6.04 Å². The highest BCUT2D eigenvalue weighted by Gasteiger charge is 2.20. The lowest BCUT2D eigenvalue weighted by atomic mass is 10.1. The first-order chi connectivity index (χ1) is 11.0. The third-order valence-electron chi connectivity index (χ3n) is 3.55. The Bertz CT molecular complexity index is 661. The van der Waals surface area contributed by atoms with Crippen LogP contribution in [0.3, 0.4) is 0 Å². The van der Waals surface area contributed by atoms with Crippen LogP contribution in [-0.2, 0) is 0 Å². The molecule has 2 aromatic carbocycles. The highest BCUT2D eigenvalue weighted by molar-refractivity contribution is 7.80. The Kier molecular flexibility index (Phi) is 6.33. The van der Waals surface area contributed by atoms with E-state index < -0.39 is 0 Å². The molecule has 0 bridgehead atoms. The van der Waals surface area contributed by atoms with Crippen LogP contribution in [0.2, 0.25) is 5.02 Å². The average molecular weight is 353 g/mol. The van der Waals surface area contributed by atoms with Gasteiger partial charge in [-0.3, -0.25) is 0 Å². The van der Waals surface area contributed by atoms with Gasteiger partial charge in [0.05, 0.1) is 20.6 Å². The van der Waals surface area contributed by atoms with Crippen molar-refractivity contribution in [3.63, 3.8) is 0 Å². The average Bonchev–Trinajstić information content (AvgIpc) is 2.51. The van der Waals surface area contributed by atoms with E-state index in [1.165, 1.54) is 17.0 Å². The molecule has 1 atom stereocenters. The smallest absolute Gasteiger partial charge is 0.171 e. The molecule has 122 valence electrons. The van der Waals surface area contributed by atoms with Crippen molar-refractivity contribution < 1.29 is 9.29 Å². The fourth-order valence-electron chi connectivity index (χ4n) is 2.29. The molecule has 0 saturated heterocycles. The summed E-state index contributed by atoms with van der Waals surface area (Å²) in [6, 6.07) is 14.0. The standard InChI is InChI=1S/C17H19ClFN3S/c1-22(2)16(14-5-3-4-6-15(14)18)11-20-17(23)21-13-9-7-12(19)8-10-13/h3-10,16H,11H2,1-2H3,(H2,20,21,23)/p+1/t16-/m0/s1. The number of rotatable bonds is 5. The molecule has 0 amide bonds. The van der Waals surface area contributed by atoms with Gasteiger partial charge in [-0.2, -0.15) is 0 Å². The number of likely N-dealkylation sites (N-methyl/N-ethyl adjacent to an activating group) is 1. The number of hydrogen-bond donors (Lipinski definition) is 3. The molecule has 0 heterocycles. The fraction of sp³-hybridized carbons (Fsp3) is 0.235. The lowest BCUT2D eigenvalue weighted by Gasteiger charge is -2.23. The highest BCUT2D eigenvalue weighted by Crippen LogP contribution is 2.20. The molecule has 0 aromatic heterocycles. The minimum Gasteiger partial charge on any atom is -0.356 e. The predicted octanol–water partition coefficient (Wildman–Crippen LogP) is 2.65. The van der Waals surface area contributed by atoms with Crippen molar-refractivity contribution in [1.29, 1.82) is 0 Å². The Labute approximate surface area is 146 Å². The Hall–Kier alpha value is -1.69. The molecule has 3 nitrogen and oxygen atoms in total. The van der Waals surface area contributed by atoms with Crippen LogP contribution < -0.4 is 15.5 Å². The van der Waals surface area contributed by atoms with Crippen molar-refractivity contribution in [2.75, 3.05) is 26.0 Å². The normalized spacial score (nSPS) is 12.0. The first-order valence-corrected chi connectivity index (χ1v) is 8.11. The van der Waals surface area contributed by atoms with Crippen LogP contribution in [0.1, 0.15) is 11.6 Å². The maximum absolute atomic E-state index is 12.9. The summed E-state index contributed by atoms with van der Waals surface area (Å²) in [4.78, 5) is 1.25. The van der Waals surface area contributed by atoms with Crippen LogP contribution in [0.5, 0.6) is 0 Å². The molecule has 0 unspecified atom stereocenters. The number of anilines is 1. The van der Waals surface area contributed by atoms with E-state index in [0.29, 0.717) is 11.7 Å². The van der Waals surface area contributed by atoms with E-state index in [9.17, 15) is 4.39 Å². The van der Waals surface area contributed by atoms with Gasteiger partial charge in [-0.15, -0.1) is 0 Å². The Balaban J connectivity index is 1.97. The van der Waals surface area contributed by atoms with Crippen LogP contribution in [0, 0.1) is 5.82 Å². The van der Waals surface area contributed by atoms with Crippen molar-refractivity contribution in [1.82, 2.24) is 5.32 Å². The van der Waals surface area contributed by atoms with Crippen molar-refractivity contribution in [2.24, 2.45) is 0 Å². The molecule has 0 aliphatic rings. The molecule has 2 aromatic rings. The molecule has 0 aliphatic heterocycles. The van der Waals surface area contributed by atoms with E-state index >= 15 is 0 Å². The lowest BCUT2D eigenvalue weighted by Crippen LogP contribution is -3.07. The summed E-state index contributed by atoms with van der Waals surface area (Å²) in [5, 5.41) is 7.48. The van der Waals surface area contributed by atoms with Gasteiger partial charge in [-0.05, 0) is 42.5 Å². The highest BCUT2D eigenvalue weighted by atomic mass is 35.5. The molecule has 3 N–H and O–H groups in total. The molecule has 0 radical (unpaired) electrons. The molecule has 2 rings (SSSR count). The Morgan fingerprint density at radius 1 is 1.17 bits per heavy atom. The van der Waals surface area contributed by atoms with Gasteiger partial charge in [-0.1, -0.05) is 29.8 Å². The van der Waals surface area contributed by atoms with E-state index in [-0.39, 0.29) is 11.9 Å². The predicted molar refractivity (Wildman–Crippen MR) is 97.6 cm³/mol. The minimum atomic E-state index is -0.274. The van der Waals surface area contributed by atoms with Gasteiger partial charge in [0.1, 0.15) is 11.9 Å². The van der Waals surface area contributed by atoms with E-state index in [2.05, 4.69) is 24.7 Å². The van der Waals surface area contributed by atoms with Gasteiger partial charge in [0.2, 0.25) is 0 Å². The number of halogens is 2. The van der Waals surface area contributed by atoms with E-state index in [1.807, 2.05) is 24.3 Å². The van der Waals surface area contributed by atoms with E-state index in [1.54, 1.807) is 12.1 Å². The molecule has 0 spiro atoms. The van der Waals surface area contributed by atoms with Crippen molar-refractivity contribution >= 4 is 34.6 Å². The van der Waals surface area contributed by atoms with E-state index in [4.69, 9.17) is 23.8 Å². The van der Waals surface area contributed by atoms with Gasteiger partial charge in [0, 0.05) is 16.3 Å². The summed E-state index contributed by atoms with van der Waals surface area (Å²) in [6.07, 6.45) is 0. The van der Waals surface area contributed by atoms with Crippen LogP contribution in [0.25, 0.3) is 0 Å². The number of nitrogens with one attached hydrogen (secondary N) is 3. The minimum absolute atomic E-state index is 0.164. The fourth-order valence-corrected chi connectivity index (χ4v) is 2.75. The van der Waals surface area contributed by atoms with E-state index in [0.717, 1.165) is 16.3 Å². The topological polar surface area (TPSA) is 28.5 Å². The number of thiocarbonyl (C=S) groups is 1. The first kappa shape index (κ1) is 17.7. The molecule has 0 aliphatic carbocycles. The quantitative estimate of drug-likeness (QED) is 0.722. The zero-order valence-electron chi connectivity index (χ0n) is 13.1. The maximum Gasteiger partial charge on any atom is 0.171 e. The summed E-state index contributed by atoms with van der Waals surface area (Å²) in [5.74, 6) is -0.274. The van der Waals surface area contributed by atoms with Crippen molar-refractivity contribution in [3.8, 4) is 0 Å². The number of benzene rings is 2. The zero-order chi connectivity index (χ0) is 16.8. The molecule has 0 fully saturated rings. The van der Waals surface area contributed by atoms with Crippen molar-refractivity contribution in [3.05, 3.63) is 64.9 Å². The number of quaternary nitrogens is 1. The van der Waals surface area contributed by atoms with Gasteiger partial charge in [0.15, 0.2) is 5.11 Å². The van der Waals surface area contributed by atoms with Crippen LogP contribution in [0.15, 0.2) is 48.5 Å². The molecule has 23 heavy (non-hydrogen) atoms. The monoisotopic (exact) mass is 352 g/mol. The largest absolute Gasteiger partial charge is 0.356 e. The van der Waals surface area contributed by atoms with Crippen LogP contribution >= 0.6 is 23.8 Å². The SMILES string of the molecule is C[NH+](C)[C@@H](CNC(=S)Nc1ccc(F)cc1)c1ccccc1Cl. The van der Waals surface area contributed by atoms with Crippen LogP contribution in [0.4, 0.5) is 10.1 Å². The Morgan fingerprint density at radius 3 is 2.43 bits per heavy atom. The second-order valence-corrected chi connectivity index (χ2v) is 6.31. The number of hydrogen-bond acceptors (Lipinski definition) is 1. The summed E-state index contributed by atoms with van der Waals surface area (Å²) < 4.78 is 12.9. The summed E-state index contributed by atoms with van der Waals surface area (Å²) >= 11 is 11.6. The third-order valence-corrected chi connectivity index (χ3v) is 4.14. The Morgan fingerprint density at radius 2 is 1.83 bits per heavy atom. The zero-order valence-corrected chi connectivity index (χ0v) is 14.6. The van der Waals surface area contributed by atoms with Gasteiger partial charge in [0.25, 0.3) is 0 Å². The molecule has 6 heteroatoms. The first-order valence-electron chi connectivity index (χ1n) is 7.32. The second-order valence-electron chi connectivity index (χ2n) is 5.49.